The van der Waals surface area contributed by atoms with Gasteiger partial charge < -0.3 is 15.1 Å². The van der Waals surface area contributed by atoms with Crippen LogP contribution in [-0.4, -0.2) is 63.2 Å². The van der Waals surface area contributed by atoms with Crippen molar-refractivity contribution in [3.8, 4) is 0 Å². The molecule has 3 heteroatoms. The second-order valence-electron chi connectivity index (χ2n) is 5.52. The molecule has 0 amide bonds. The summed E-state index contributed by atoms with van der Waals surface area (Å²) in [5, 5.41) is 3.50. The first-order chi connectivity index (χ1) is 7.18. The van der Waals surface area contributed by atoms with E-state index in [2.05, 4.69) is 36.3 Å². The number of rotatable bonds is 3. The van der Waals surface area contributed by atoms with Crippen molar-refractivity contribution in [3.63, 3.8) is 0 Å². The first-order valence-electron chi connectivity index (χ1n) is 6.24. The van der Waals surface area contributed by atoms with Gasteiger partial charge in [-0.1, -0.05) is 0 Å². The summed E-state index contributed by atoms with van der Waals surface area (Å²) in [6, 6.07) is 0.782. The van der Waals surface area contributed by atoms with Crippen LogP contribution in [0, 0.1) is 11.8 Å². The van der Waals surface area contributed by atoms with Gasteiger partial charge in [0.25, 0.3) is 0 Å². The van der Waals surface area contributed by atoms with Crippen LogP contribution < -0.4 is 5.32 Å². The first kappa shape index (κ1) is 11.4. The van der Waals surface area contributed by atoms with Gasteiger partial charge in [-0.25, -0.2) is 0 Å². The third-order valence-electron chi connectivity index (χ3n) is 4.09. The second-order valence-corrected chi connectivity index (χ2v) is 5.52. The molecule has 2 heterocycles. The molecule has 2 saturated heterocycles. The maximum Gasteiger partial charge on any atom is 0.0171 e. The van der Waals surface area contributed by atoms with E-state index in [0.29, 0.717) is 0 Å². The van der Waals surface area contributed by atoms with E-state index < -0.39 is 0 Å². The van der Waals surface area contributed by atoms with Crippen molar-refractivity contribution in [1.82, 2.24) is 15.1 Å². The first-order valence-corrected chi connectivity index (χ1v) is 6.24. The van der Waals surface area contributed by atoms with Gasteiger partial charge in [0.2, 0.25) is 0 Å². The van der Waals surface area contributed by atoms with Crippen LogP contribution in [0.2, 0.25) is 0 Å². The lowest BCUT2D eigenvalue weighted by Crippen LogP contribution is -2.43. The number of nitrogens with one attached hydrogen (secondary N) is 1. The largest absolute Gasteiger partial charge is 0.316 e. The Morgan fingerprint density at radius 1 is 1.27 bits per heavy atom. The number of hydrogen-bond donors (Lipinski definition) is 1. The van der Waals surface area contributed by atoms with Gasteiger partial charge in [0, 0.05) is 12.6 Å². The third kappa shape index (κ3) is 2.52. The molecule has 3 nitrogen and oxygen atoms in total. The molecule has 2 aliphatic heterocycles. The average Bonchev–Trinajstić information content (AvgIpc) is 2.77. The SMILES string of the molecule is CN1CCC(C(C2CCNC2)N(C)C)C1. The van der Waals surface area contributed by atoms with Crippen molar-refractivity contribution in [2.45, 2.75) is 18.9 Å². The zero-order valence-corrected chi connectivity index (χ0v) is 10.4. The number of likely N-dealkylation sites (tertiary alicyclic amines) is 1. The van der Waals surface area contributed by atoms with Gasteiger partial charge in [-0.15, -0.1) is 0 Å². The zero-order valence-electron chi connectivity index (χ0n) is 10.4. The molecule has 2 rings (SSSR count). The molecule has 3 atom stereocenters. The Hall–Kier alpha value is -0.120. The van der Waals surface area contributed by atoms with Crippen LogP contribution >= 0.6 is 0 Å². The lowest BCUT2D eigenvalue weighted by atomic mass is 9.86. The molecular weight excluding hydrogens is 186 g/mol. The summed E-state index contributed by atoms with van der Waals surface area (Å²) in [5.74, 6) is 1.76. The Balaban J connectivity index is 1.99. The minimum atomic E-state index is 0.782. The normalized spacial score (nSPS) is 35.2. The highest BCUT2D eigenvalue weighted by atomic mass is 15.2. The fraction of sp³-hybridized carbons (Fsp3) is 1.00. The number of hydrogen-bond acceptors (Lipinski definition) is 3. The van der Waals surface area contributed by atoms with Crippen molar-refractivity contribution >= 4 is 0 Å². The lowest BCUT2D eigenvalue weighted by Gasteiger charge is -2.34. The molecule has 15 heavy (non-hydrogen) atoms. The summed E-state index contributed by atoms with van der Waals surface area (Å²) in [6.45, 7) is 5.02. The molecule has 2 aliphatic rings. The average molecular weight is 211 g/mol. The Kier molecular flexibility index (Phi) is 3.65. The van der Waals surface area contributed by atoms with E-state index >= 15 is 0 Å². The van der Waals surface area contributed by atoms with Gasteiger partial charge in [-0.3, -0.25) is 0 Å². The molecule has 0 saturated carbocycles. The Bertz CT molecular complexity index is 199. The van der Waals surface area contributed by atoms with Gasteiger partial charge in [-0.2, -0.15) is 0 Å². The quantitative estimate of drug-likeness (QED) is 0.732. The van der Waals surface area contributed by atoms with Crippen LogP contribution in [-0.2, 0) is 0 Å². The van der Waals surface area contributed by atoms with Crippen LogP contribution in [0.15, 0.2) is 0 Å². The molecule has 0 radical (unpaired) electrons. The van der Waals surface area contributed by atoms with Gasteiger partial charge in [0.1, 0.15) is 0 Å². The highest BCUT2D eigenvalue weighted by molar-refractivity contribution is 4.91. The summed E-state index contributed by atoms with van der Waals surface area (Å²) in [4.78, 5) is 4.94. The van der Waals surface area contributed by atoms with E-state index in [0.717, 1.165) is 17.9 Å². The van der Waals surface area contributed by atoms with E-state index in [4.69, 9.17) is 0 Å². The summed E-state index contributed by atoms with van der Waals surface area (Å²) in [7, 11) is 6.75. The van der Waals surface area contributed by atoms with Crippen LogP contribution in [0.4, 0.5) is 0 Å². The predicted octanol–water partition coefficient (Wildman–Crippen LogP) is 0.478. The predicted molar refractivity (Wildman–Crippen MR) is 64.1 cm³/mol. The minimum absolute atomic E-state index is 0.782. The lowest BCUT2D eigenvalue weighted by molar-refractivity contribution is 0.151. The molecule has 1 N–H and O–H groups in total. The summed E-state index contributed by atoms with van der Waals surface area (Å²) in [5.41, 5.74) is 0. The van der Waals surface area contributed by atoms with Crippen molar-refractivity contribution in [1.29, 1.82) is 0 Å². The van der Waals surface area contributed by atoms with E-state index in [-0.39, 0.29) is 0 Å². The van der Waals surface area contributed by atoms with E-state index in [1.165, 1.54) is 39.0 Å². The monoisotopic (exact) mass is 211 g/mol. The van der Waals surface area contributed by atoms with Gasteiger partial charge >= 0.3 is 0 Å². The van der Waals surface area contributed by atoms with Crippen molar-refractivity contribution in [2.24, 2.45) is 11.8 Å². The molecule has 0 spiro atoms. The fourth-order valence-electron chi connectivity index (χ4n) is 3.44. The van der Waals surface area contributed by atoms with Gasteiger partial charge in [-0.05, 0) is 65.5 Å². The molecular formula is C12H25N3. The molecule has 2 fully saturated rings. The van der Waals surface area contributed by atoms with Crippen LogP contribution in [0.5, 0.6) is 0 Å². The third-order valence-corrected chi connectivity index (χ3v) is 4.09. The minimum Gasteiger partial charge on any atom is -0.316 e. The Morgan fingerprint density at radius 3 is 2.53 bits per heavy atom. The van der Waals surface area contributed by atoms with Gasteiger partial charge in [0.15, 0.2) is 0 Å². The summed E-state index contributed by atoms with van der Waals surface area (Å²) >= 11 is 0. The van der Waals surface area contributed by atoms with Crippen molar-refractivity contribution < 1.29 is 0 Å². The zero-order chi connectivity index (χ0) is 10.8. The topological polar surface area (TPSA) is 18.5 Å². The maximum atomic E-state index is 3.50. The molecule has 0 bridgehead atoms. The van der Waals surface area contributed by atoms with E-state index in [9.17, 15) is 0 Å². The summed E-state index contributed by atoms with van der Waals surface area (Å²) in [6.07, 6.45) is 2.75. The summed E-state index contributed by atoms with van der Waals surface area (Å²) < 4.78 is 0. The second kappa shape index (κ2) is 4.81. The molecule has 0 aromatic rings. The van der Waals surface area contributed by atoms with Crippen LogP contribution in [0.1, 0.15) is 12.8 Å². The molecule has 0 aliphatic carbocycles. The van der Waals surface area contributed by atoms with E-state index in [1.54, 1.807) is 0 Å². The highest BCUT2D eigenvalue weighted by Crippen LogP contribution is 2.29. The smallest absolute Gasteiger partial charge is 0.0171 e. The van der Waals surface area contributed by atoms with E-state index in [1.807, 2.05) is 0 Å². The highest BCUT2D eigenvalue weighted by Gasteiger charge is 2.35. The van der Waals surface area contributed by atoms with Crippen LogP contribution in [0.25, 0.3) is 0 Å². The Labute approximate surface area is 93.8 Å². The molecule has 88 valence electrons. The fourth-order valence-corrected chi connectivity index (χ4v) is 3.44. The van der Waals surface area contributed by atoms with Gasteiger partial charge in [0.05, 0.1) is 0 Å². The van der Waals surface area contributed by atoms with Crippen LogP contribution in [0.3, 0.4) is 0 Å². The molecule has 0 aromatic heterocycles. The standard InChI is InChI=1S/C12H25N3/c1-14(2)12(10-4-6-13-8-10)11-5-7-15(3)9-11/h10-13H,4-9H2,1-3H3. The number of nitrogens with zero attached hydrogens (tertiary/aromatic N) is 2. The molecule has 0 aromatic carbocycles. The molecule has 3 unspecified atom stereocenters. The maximum absolute atomic E-state index is 3.50. The van der Waals surface area contributed by atoms with Crippen molar-refractivity contribution in [3.05, 3.63) is 0 Å². The van der Waals surface area contributed by atoms with Crippen molar-refractivity contribution in [2.75, 3.05) is 47.3 Å². The Morgan fingerprint density at radius 2 is 2.07 bits per heavy atom.